The zero-order valence-electron chi connectivity index (χ0n) is 32.9. The number of carbonyl (C=O) groups excluding carboxylic acids is 1. The number of amides is 1. The summed E-state index contributed by atoms with van der Waals surface area (Å²) >= 11 is 0. The number of phosphoric acid groups is 1. The fourth-order valence-corrected chi connectivity index (χ4v) is 6.64. The Hall–Kier alpha value is -0.760. The van der Waals surface area contributed by atoms with Crippen LogP contribution in [-0.2, 0) is 18.4 Å². The summed E-state index contributed by atoms with van der Waals surface area (Å²) in [5, 5.41) is 13.8. The van der Waals surface area contributed by atoms with Gasteiger partial charge in [0.1, 0.15) is 13.2 Å². The summed E-state index contributed by atoms with van der Waals surface area (Å²) in [6.07, 6.45) is 34.9. The Morgan fingerprint density at radius 3 is 1.61 bits per heavy atom. The van der Waals surface area contributed by atoms with Crippen molar-refractivity contribution >= 4 is 13.7 Å². The number of rotatable bonds is 37. The van der Waals surface area contributed by atoms with Crippen LogP contribution in [0.4, 0.5) is 0 Å². The van der Waals surface area contributed by atoms with Gasteiger partial charge in [0, 0.05) is 6.42 Å². The summed E-state index contributed by atoms with van der Waals surface area (Å²) in [5.74, 6) is -0.175. The van der Waals surface area contributed by atoms with Crippen molar-refractivity contribution in [3.05, 3.63) is 12.2 Å². The molecule has 8 nitrogen and oxygen atoms in total. The molecule has 9 heteroatoms. The maximum absolute atomic E-state index is 12.8. The van der Waals surface area contributed by atoms with Crippen LogP contribution in [0.25, 0.3) is 0 Å². The number of likely N-dealkylation sites (N-methyl/N-ethyl adjacent to an activating group) is 1. The van der Waals surface area contributed by atoms with E-state index in [1.54, 1.807) is 0 Å². The van der Waals surface area contributed by atoms with E-state index in [4.69, 9.17) is 9.05 Å². The Bertz CT molecular complexity index is 819. The van der Waals surface area contributed by atoms with Crippen molar-refractivity contribution in [2.24, 2.45) is 0 Å². The normalized spacial score (nSPS) is 14.7. The second kappa shape index (κ2) is 33.1. The minimum Gasteiger partial charge on any atom is -0.756 e. The molecule has 1 unspecified atom stereocenters. The number of aliphatic hydroxyl groups is 1. The van der Waals surface area contributed by atoms with Gasteiger partial charge >= 0.3 is 0 Å². The van der Waals surface area contributed by atoms with Crippen molar-refractivity contribution in [3.63, 3.8) is 0 Å². The first-order valence-corrected chi connectivity index (χ1v) is 22.0. The Morgan fingerprint density at radius 2 is 1.12 bits per heavy atom. The first-order valence-electron chi connectivity index (χ1n) is 20.5. The van der Waals surface area contributed by atoms with Crippen LogP contribution in [0.5, 0.6) is 0 Å². The highest BCUT2D eigenvalue weighted by Crippen LogP contribution is 2.38. The molecule has 0 bridgehead atoms. The minimum atomic E-state index is -4.56. The molecule has 292 valence electrons. The van der Waals surface area contributed by atoms with E-state index in [0.717, 1.165) is 51.4 Å². The highest BCUT2D eigenvalue weighted by Gasteiger charge is 2.24. The van der Waals surface area contributed by atoms with Crippen LogP contribution in [-0.4, -0.2) is 68.5 Å². The van der Waals surface area contributed by atoms with Gasteiger partial charge in [0.05, 0.1) is 39.9 Å². The number of hydrogen-bond acceptors (Lipinski definition) is 6. The predicted molar refractivity (Wildman–Crippen MR) is 205 cm³/mol. The van der Waals surface area contributed by atoms with Crippen LogP contribution in [0.3, 0.4) is 0 Å². The highest BCUT2D eigenvalue weighted by molar-refractivity contribution is 7.45. The number of carbonyl (C=O) groups is 1. The molecule has 0 heterocycles. The van der Waals surface area contributed by atoms with E-state index in [0.29, 0.717) is 23.9 Å². The van der Waals surface area contributed by atoms with Crippen molar-refractivity contribution in [3.8, 4) is 0 Å². The molecule has 49 heavy (non-hydrogen) atoms. The Kier molecular flexibility index (Phi) is 32.6. The van der Waals surface area contributed by atoms with Crippen LogP contribution >= 0.6 is 7.82 Å². The van der Waals surface area contributed by atoms with E-state index < -0.39 is 20.0 Å². The molecule has 0 aliphatic heterocycles. The summed E-state index contributed by atoms with van der Waals surface area (Å²) < 4.78 is 23.2. The number of quaternary nitrogens is 1. The maximum Gasteiger partial charge on any atom is 0.268 e. The zero-order valence-corrected chi connectivity index (χ0v) is 33.8. The van der Waals surface area contributed by atoms with E-state index >= 15 is 0 Å². The second-order valence-corrected chi connectivity index (χ2v) is 16.8. The average molecular weight is 717 g/mol. The third kappa shape index (κ3) is 35.4. The number of hydrogen-bond donors (Lipinski definition) is 2. The van der Waals surface area contributed by atoms with Gasteiger partial charge in [0.25, 0.3) is 7.82 Å². The first kappa shape index (κ1) is 48.2. The fraction of sp³-hybridized carbons (Fsp3) is 0.925. The molecule has 0 saturated carbocycles. The van der Waals surface area contributed by atoms with E-state index in [1.165, 1.54) is 109 Å². The molecule has 2 N–H and O–H groups in total. The van der Waals surface area contributed by atoms with Crippen LogP contribution in [0.1, 0.15) is 187 Å². The number of aliphatic hydroxyl groups excluding tert-OH is 1. The number of phosphoric ester groups is 1. The summed E-state index contributed by atoms with van der Waals surface area (Å²) in [5.41, 5.74) is 0. The van der Waals surface area contributed by atoms with Crippen LogP contribution in [0.15, 0.2) is 12.2 Å². The Morgan fingerprint density at radius 1 is 0.694 bits per heavy atom. The summed E-state index contributed by atoms with van der Waals surface area (Å²) in [6.45, 7) is 4.69. The average Bonchev–Trinajstić information content (AvgIpc) is 3.04. The van der Waals surface area contributed by atoms with Gasteiger partial charge in [-0.1, -0.05) is 154 Å². The van der Waals surface area contributed by atoms with E-state index in [2.05, 4.69) is 31.3 Å². The highest BCUT2D eigenvalue weighted by atomic mass is 31.2. The lowest BCUT2D eigenvalue weighted by atomic mass is 10.0. The molecular weight excluding hydrogens is 635 g/mol. The lowest BCUT2D eigenvalue weighted by molar-refractivity contribution is -0.870. The van der Waals surface area contributed by atoms with E-state index in [-0.39, 0.29) is 19.1 Å². The van der Waals surface area contributed by atoms with Crippen LogP contribution < -0.4 is 10.2 Å². The van der Waals surface area contributed by atoms with Gasteiger partial charge in [0.15, 0.2) is 0 Å². The molecule has 0 aromatic rings. The van der Waals surface area contributed by atoms with Crippen molar-refractivity contribution < 1.29 is 32.9 Å². The lowest BCUT2D eigenvalue weighted by Gasteiger charge is -2.30. The number of allylic oxidation sites excluding steroid dienone is 2. The molecule has 0 spiro atoms. The van der Waals surface area contributed by atoms with Crippen LogP contribution in [0, 0.1) is 0 Å². The third-order valence-corrected chi connectivity index (χ3v) is 10.2. The molecule has 3 atom stereocenters. The standard InChI is InChI=1S/C40H81N2O6P/c1-6-8-10-12-14-16-18-20-22-23-25-27-29-31-33-39(43)38(37-48-49(45,46)47-36-35-42(3,4)5)41-40(44)34-32-30-28-26-24-21-19-17-15-13-11-9-7-2/h17,19,38-39,43H,6-16,18,20-37H2,1-5H3,(H-,41,44,45,46)/b19-17+/t38-,39+/m0/s1. The Balaban J connectivity index is 4.43. The van der Waals surface area contributed by atoms with E-state index in [1.807, 2.05) is 21.1 Å². The van der Waals surface area contributed by atoms with Crippen molar-refractivity contribution in [1.82, 2.24) is 5.32 Å². The first-order chi connectivity index (χ1) is 23.5. The second-order valence-electron chi connectivity index (χ2n) is 15.3. The van der Waals surface area contributed by atoms with Gasteiger partial charge in [-0.05, 0) is 38.5 Å². The molecule has 0 rings (SSSR count). The molecule has 0 saturated heterocycles. The monoisotopic (exact) mass is 717 g/mol. The van der Waals surface area contributed by atoms with E-state index in [9.17, 15) is 19.4 Å². The molecule has 1 amide bonds. The van der Waals surface area contributed by atoms with Gasteiger partial charge in [0.2, 0.25) is 5.91 Å². The predicted octanol–water partition coefficient (Wildman–Crippen LogP) is 10.2. The quantitative estimate of drug-likeness (QED) is 0.0287. The molecule has 0 fully saturated rings. The summed E-state index contributed by atoms with van der Waals surface area (Å²) in [4.78, 5) is 25.2. The minimum absolute atomic E-state index is 0.0121. The molecular formula is C40H81N2O6P. The van der Waals surface area contributed by atoms with Gasteiger partial charge < -0.3 is 28.8 Å². The zero-order chi connectivity index (χ0) is 36.5. The molecule has 0 radical (unpaired) electrons. The fourth-order valence-electron chi connectivity index (χ4n) is 5.92. The van der Waals surface area contributed by atoms with Crippen LogP contribution in [0.2, 0.25) is 0 Å². The summed E-state index contributed by atoms with van der Waals surface area (Å²) in [6, 6.07) is -0.799. The third-order valence-electron chi connectivity index (χ3n) is 9.25. The van der Waals surface area contributed by atoms with Gasteiger partial charge in [-0.3, -0.25) is 9.36 Å². The molecule has 0 aliphatic rings. The lowest BCUT2D eigenvalue weighted by Crippen LogP contribution is -2.46. The van der Waals surface area contributed by atoms with Crippen molar-refractivity contribution in [2.45, 2.75) is 199 Å². The largest absolute Gasteiger partial charge is 0.756 e. The smallest absolute Gasteiger partial charge is 0.268 e. The topological polar surface area (TPSA) is 108 Å². The van der Waals surface area contributed by atoms with Gasteiger partial charge in [-0.2, -0.15) is 0 Å². The maximum atomic E-state index is 12.8. The number of nitrogens with zero attached hydrogens (tertiary/aromatic N) is 1. The number of nitrogens with one attached hydrogen (secondary N) is 1. The van der Waals surface area contributed by atoms with Gasteiger partial charge in [-0.15, -0.1) is 0 Å². The molecule has 0 aliphatic carbocycles. The molecule has 0 aromatic carbocycles. The summed E-state index contributed by atoms with van der Waals surface area (Å²) in [7, 11) is 1.30. The van der Waals surface area contributed by atoms with Crippen molar-refractivity contribution in [1.29, 1.82) is 0 Å². The Labute approximate surface area is 303 Å². The van der Waals surface area contributed by atoms with Crippen molar-refractivity contribution in [2.75, 3.05) is 40.9 Å². The SMILES string of the molecule is CCCCCC/C=C/CCCCCCCC(=O)N[C@@H](COP(=O)([O-])OCC[N+](C)(C)C)[C@H](O)CCCCCCCCCCCCCCCC. The van der Waals surface area contributed by atoms with Gasteiger partial charge in [-0.25, -0.2) is 0 Å². The molecule has 0 aromatic heterocycles. The number of unbranched alkanes of at least 4 members (excludes halogenated alkanes) is 22.